The Morgan fingerprint density at radius 1 is 1.16 bits per heavy atom. The Hall–Kier alpha value is -3.48. The third-order valence-corrected chi connectivity index (χ3v) is 3.98. The van der Waals surface area contributed by atoms with Gasteiger partial charge < -0.3 is 9.88 Å². The first-order valence-corrected chi connectivity index (χ1v) is 7.61. The molecule has 0 atom stereocenters. The van der Waals surface area contributed by atoms with Crippen molar-refractivity contribution in [3.05, 3.63) is 81.9 Å². The molecule has 0 aliphatic heterocycles. The van der Waals surface area contributed by atoms with Gasteiger partial charge >= 0.3 is 0 Å². The van der Waals surface area contributed by atoms with E-state index in [1.165, 1.54) is 29.2 Å². The third kappa shape index (κ3) is 3.40. The molecule has 126 valence electrons. The molecule has 0 fully saturated rings. The number of rotatable bonds is 4. The van der Waals surface area contributed by atoms with E-state index in [1.807, 2.05) is 26.0 Å². The second-order valence-electron chi connectivity index (χ2n) is 5.68. The number of carbonyl (C=O) groups excluding carboxylic acids is 1. The quantitative estimate of drug-likeness (QED) is 0.581. The van der Waals surface area contributed by atoms with E-state index in [0.29, 0.717) is 11.4 Å². The molecule has 3 rings (SSSR count). The molecule has 0 unspecified atom stereocenters. The van der Waals surface area contributed by atoms with Crippen LogP contribution in [0.25, 0.3) is 5.69 Å². The number of nitro groups is 1. The number of anilines is 1. The largest absolute Gasteiger partial charge is 0.322 e. The molecule has 0 bridgehead atoms. The van der Waals surface area contributed by atoms with Gasteiger partial charge in [0.25, 0.3) is 11.6 Å². The molecule has 1 aromatic heterocycles. The molecule has 1 heterocycles. The van der Waals surface area contributed by atoms with Gasteiger partial charge in [0.2, 0.25) is 0 Å². The molecule has 7 heteroatoms. The van der Waals surface area contributed by atoms with Crippen LogP contribution in [-0.2, 0) is 0 Å². The Morgan fingerprint density at radius 3 is 2.60 bits per heavy atom. The molecule has 0 aliphatic rings. The Balaban J connectivity index is 1.91. The second kappa shape index (κ2) is 6.56. The zero-order valence-corrected chi connectivity index (χ0v) is 13.8. The van der Waals surface area contributed by atoms with E-state index in [0.717, 1.165) is 11.1 Å². The number of aromatic nitrogens is 2. The predicted octanol–water partition coefficient (Wildman–Crippen LogP) is 3.65. The summed E-state index contributed by atoms with van der Waals surface area (Å²) in [6, 6.07) is 9.94. The van der Waals surface area contributed by atoms with Crippen LogP contribution < -0.4 is 5.32 Å². The molecule has 0 aliphatic carbocycles. The summed E-state index contributed by atoms with van der Waals surface area (Å²) >= 11 is 0. The highest BCUT2D eigenvalue weighted by molar-refractivity contribution is 6.05. The molecule has 0 saturated carbocycles. The van der Waals surface area contributed by atoms with Gasteiger partial charge in [-0.15, -0.1) is 0 Å². The number of amides is 1. The second-order valence-corrected chi connectivity index (χ2v) is 5.68. The minimum absolute atomic E-state index is 0.161. The van der Waals surface area contributed by atoms with Crippen LogP contribution in [0, 0.1) is 24.0 Å². The normalized spacial score (nSPS) is 10.5. The van der Waals surface area contributed by atoms with Crippen molar-refractivity contribution in [2.45, 2.75) is 13.8 Å². The Morgan fingerprint density at radius 2 is 1.96 bits per heavy atom. The average molecular weight is 336 g/mol. The topological polar surface area (TPSA) is 90.1 Å². The molecular formula is C18H16N4O3. The van der Waals surface area contributed by atoms with Crippen LogP contribution in [0.1, 0.15) is 21.5 Å². The zero-order chi connectivity index (χ0) is 18.0. The molecule has 0 saturated heterocycles. The maximum absolute atomic E-state index is 12.4. The maximum atomic E-state index is 12.4. The van der Waals surface area contributed by atoms with E-state index < -0.39 is 10.8 Å². The Kier molecular flexibility index (Phi) is 4.30. The Labute approximate surface area is 144 Å². The average Bonchev–Trinajstić information content (AvgIpc) is 3.12. The lowest BCUT2D eigenvalue weighted by atomic mass is 10.1. The van der Waals surface area contributed by atoms with Crippen molar-refractivity contribution in [1.82, 2.24) is 9.55 Å². The van der Waals surface area contributed by atoms with Gasteiger partial charge in [-0.05, 0) is 49.2 Å². The predicted molar refractivity (Wildman–Crippen MR) is 94.1 cm³/mol. The minimum atomic E-state index is -0.512. The smallest absolute Gasteiger partial charge is 0.294 e. The standard InChI is InChI=1S/C18H16N4O3/c1-12-3-5-15(9-13(12)2)20-18(23)14-4-6-16(17(10-14)22(24)25)21-8-7-19-11-21/h3-11H,1-2H3,(H,20,23). The van der Waals surface area contributed by atoms with Gasteiger partial charge in [-0.3, -0.25) is 14.9 Å². The van der Waals surface area contributed by atoms with Crippen LogP contribution in [0.15, 0.2) is 55.1 Å². The number of imidazole rings is 1. The van der Waals surface area contributed by atoms with E-state index in [-0.39, 0.29) is 11.3 Å². The van der Waals surface area contributed by atoms with Gasteiger partial charge in [-0.1, -0.05) is 6.07 Å². The fourth-order valence-corrected chi connectivity index (χ4v) is 2.45. The number of hydrogen-bond donors (Lipinski definition) is 1. The van der Waals surface area contributed by atoms with Crippen molar-refractivity contribution in [3.8, 4) is 5.69 Å². The molecule has 1 amide bonds. The number of carbonyl (C=O) groups is 1. The highest BCUT2D eigenvalue weighted by Crippen LogP contribution is 2.25. The summed E-state index contributed by atoms with van der Waals surface area (Å²) in [5, 5.41) is 14.1. The molecule has 3 aromatic rings. The first-order valence-electron chi connectivity index (χ1n) is 7.61. The first-order chi connectivity index (χ1) is 12.0. The van der Waals surface area contributed by atoms with Crippen molar-refractivity contribution >= 4 is 17.3 Å². The van der Waals surface area contributed by atoms with Crippen molar-refractivity contribution in [1.29, 1.82) is 0 Å². The van der Waals surface area contributed by atoms with E-state index in [1.54, 1.807) is 18.3 Å². The summed E-state index contributed by atoms with van der Waals surface area (Å²) in [5.74, 6) is -0.400. The van der Waals surface area contributed by atoms with Gasteiger partial charge in [-0.2, -0.15) is 0 Å². The highest BCUT2D eigenvalue weighted by atomic mass is 16.6. The summed E-state index contributed by atoms with van der Waals surface area (Å²) in [7, 11) is 0. The first kappa shape index (κ1) is 16.4. The Bertz CT molecular complexity index is 949. The summed E-state index contributed by atoms with van der Waals surface area (Å²) in [6.45, 7) is 3.94. The van der Waals surface area contributed by atoms with Crippen molar-refractivity contribution in [3.63, 3.8) is 0 Å². The van der Waals surface area contributed by atoms with Crippen LogP contribution in [0.4, 0.5) is 11.4 Å². The number of hydrogen-bond acceptors (Lipinski definition) is 4. The molecule has 2 aromatic carbocycles. The fraction of sp³-hybridized carbons (Fsp3) is 0.111. The summed E-state index contributed by atoms with van der Waals surface area (Å²) in [5.41, 5.74) is 3.23. The molecule has 0 spiro atoms. The van der Waals surface area contributed by atoms with E-state index in [2.05, 4.69) is 10.3 Å². The monoisotopic (exact) mass is 336 g/mol. The van der Waals surface area contributed by atoms with E-state index in [4.69, 9.17) is 0 Å². The van der Waals surface area contributed by atoms with Crippen LogP contribution >= 0.6 is 0 Å². The van der Waals surface area contributed by atoms with Crippen molar-refractivity contribution in [2.24, 2.45) is 0 Å². The van der Waals surface area contributed by atoms with Gasteiger partial charge in [0.15, 0.2) is 0 Å². The van der Waals surface area contributed by atoms with Gasteiger partial charge in [0.05, 0.1) is 11.3 Å². The molecule has 7 nitrogen and oxygen atoms in total. The maximum Gasteiger partial charge on any atom is 0.294 e. The van der Waals surface area contributed by atoms with E-state index in [9.17, 15) is 14.9 Å². The van der Waals surface area contributed by atoms with E-state index >= 15 is 0 Å². The van der Waals surface area contributed by atoms with Crippen molar-refractivity contribution < 1.29 is 9.72 Å². The molecule has 1 N–H and O–H groups in total. The number of nitrogens with zero attached hydrogens (tertiary/aromatic N) is 3. The summed E-state index contributed by atoms with van der Waals surface area (Å²) < 4.78 is 1.53. The fourth-order valence-electron chi connectivity index (χ4n) is 2.45. The third-order valence-electron chi connectivity index (χ3n) is 3.98. The highest BCUT2D eigenvalue weighted by Gasteiger charge is 2.19. The number of nitro benzene ring substituents is 1. The molecule has 25 heavy (non-hydrogen) atoms. The zero-order valence-electron chi connectivity index (χ0n) is 13.8. The minimum Gasteiger partial charge on any atom is -0.322 e. The van der Waals surface area contributed by atoms with Crippen molar-refractivity contribution in [2.75, 3.05) is 5.32 Å². The molecule has 0 radical (unpaired) electrons. The van der Waals surface area contributed by atoms with Crippen LogP contribution in [0.3, 0.4) is 0 Å². The van der Waals surface area contributed by atoms with Gasteiger partial charge in [-0.25, -0.2) is 4.98 Å². The van der Waals surface area contributed by atoms with Crippen LogP contribution in [0.5, 0.6) is 0 Å². The number of benzene rings is 2. The van der Waals surface area contributed by atoms with Gasteiger partial charge in [0.1, 0.15) is 5.69 Å². The lowest BCUT2D eigenvalue weighted by Crippen LogP contribution is -2.13. The lowest BCUT2D eigenvalue weighted by Gasteiger charge is -2.09. The van der Waals surface area contributed by atoms with Gasteiger partial charge in [0, 0.05) is 29.7 Å². The number of aryl methyl sites for hydroxylation is 2. The lowest BCUT2D eigenvalue weighted by molar-refractivity contribution is -0.384. The molecular weight excluding hydrogens is 320 g/mol. The SMILES string of the molecule is Cc1ccc(NC(=O)c2ccc(-n3ccnc3)c([N+](=O)[O-])c2)cc1C. The summed E-state index contributed by atoms with van der Waals surface area (Å²) in [6.07, 6.45) is 4.61. The van der Waals surface area contributed by atoms with Crippen LogP contribution in [0.2, 0.25) is 0 Å². The van der Waals surface area contributed by atoms with Crippen LogP contribution in [-0.4, -0.2) is 20.4 Å². The number of nitrogens with one attached hydrogen (secondary N) is 1. The summed E-state index contributed by atoms with van der Waals surface area (Å²) in [4.78, 5) is 27.2.